The Balaban J connectivity index is 1.67. The number of carbonyl (C=O) groups is 1. The van der Waals surface area contributed by atoms with Crippen LogP contribution in [0.15, 0.2) is 90.1 Å². The second-order valence-electron chi connectivity index (χ2n) is 10.7. The average Bonchev–Trinajstić information content (AvgIpc) is 3.31. The molecule has 4 aromatic rings. The molecule has 0 spiro atoms. The first kappa shape index (κ1) is 24.0. The van der Waals surface area contributed by atoms with Gasteiger partial charge in [0.05, 0.1) is 25.6 Å². The lowest BCUT2D eigenvalue weighted by atomic mass is 9.69. The molecule has 2 aliphatic rings. The van der Waals surface area contributed by atoms with Gasteiger partial charge in [0, 0.05) is 34.7 Å². The fraction of sp³-hybridized carbons (Fsp3) is 0.250. The van der Waals surface area contributed by atoms with Gasteiger partial charge in [-0.1, -0.05) is 68.4 Å². The number of rotatable bonds is 5. The highest BCUT2D eigenvalue weighted by Crippen LogP contribution is 2.52. The smallest absolute Gasteiger partial charge is 0.162 e. The van der Waals surface area contributed by atoms with Gasteiger partial charge in [-0.25, -0.2) is 4.68 Å². The number of hydrogen-bond donors (Lipinski definition) is 1. The van der Waals surface area contributed by atoms with Crippen molar-refractivity contribution in [2.75, 3.05) is 19.5 Å². The molecule has 6 nitrogen and oxygen atoms in total. The molecule has 192 valence electrons. The van der Waals surface area contributed by atoms with E-state index in [2.05, 4.69) is 43.4 Å². The fourth-order valence-corrected chi connectivity index (χ4v) is 5.82. The third kappa shape index (κ3) is 3.97. The molecule has 2 heterocycles. The molecular formula is C32H31N3O3. The minimum Gasteiger partial charge on any atom is -0.493 e. The Morgan fingerprint density at radius 1 is 0.895 bits per heavy atom. The van der Waals surface area contributed by atoms with Crippen LogP contribution >= 0.6 is 0 Å². The third-order valence-electron chi connectivity index (χ3n) is 7.48. The molecule has 0 radical (unpaired) electrons. The lowest BCUT2D eigenvalue weighted by Crippen LogP contribution is -2.34. The first-order valence-electron chi connectivity index (χ1n) is 12.9. The predicted octanol–water partition coefficient (Wildman–Crippen LogP) is 6.76. The summed E-state index contributed by atoms with van der Waals surface area (Å²) in [7, 11) is 3.27. The Kier molecular flexibility index (Phi) is 5.83. The van der Waals surface area contributed by atoms with E-state index in [4.69, 9.17) is 14.6 Å². The molecule has 1 aliphatic heterocycles. The van der Waals surface area contributed by atoms with E-state index >= 15 is 0 Å². The van der Waals surface area contributed by atoms with Gasteiger partial charge in [0.15, 0.2) is 17.3 Å². The van der Waals surface area contributed by atoms with E-state index in [1.165, 1.54) is 0 Å². The maximum atomic E-state index is 13.9. The summed E-state index contributed by atoms with van der Waals surface area (Å²) in [6.07, 6.45) is 1.28. The van der Waals surface area contributed by atoms with Crippen molar-refractivity contribution in [3.05, 3.63) is 101 Å². The van der Waals surface area contributed by atoms with Gasteiger partial charge in [-0.2, -0.15) is 5.10 Å². The minimum atomic E-state index is -0.308. The number of carbonyl (C=O) groups excluding carboxylic acids is 1. The van der Waals surface area contributed by atoms with E-state index in [9.17, 15) is 4.79 Å². The van der Waals surface area contributed by atoms with Crippen molar-refractivity contribution >= 4 is 11.6 Å². The number of Topliss-reactive ketones (excluding diaryl/α,β-unsaturated/α-hetero) is 1. The number of para-hydroxylation sites is 1. The fourth-order valence-electron chi connectivity index (χ4n) is 5.82. The summed E-state index contributed by atoms with van der Waals surface area (Å²) in [5, 5.41) is 8.86. The van der Waals surface area contributed by atoms with E-state index in [-0.39, 0.29) is 17.1 Å². The minimum absolute atomic E-state index is 0.136. The number of allylic oxidation sites excluding steroid dienone is 2. The molecule has 1 unspecified atom stereocenters. The van der Waals surface area contributed by atoms with Gasteiger partial charge >= 0.3 is 0 Å². The maximum Gasteiger partial charge on any atom is 0.162 e. The van der Waals surface area contributed by atoms with Crippen LogP contribution in [0.5, 0.6) is 11.5 Å². The molecule has 0 saturated carbocycles. The van der Waals surface area contributed by atoms with Crippen LogP contribution in [0.4, 0.5) is 5.82 Å². The van der Waals surface area contributed by atoms with Gasteiger partial charge in [0.25, 0.3) is 0 Å². The number of nitrogens with zero attached hydrogens (tertiary/aromatic N) is 2. The molecule has 38 heavy (non-hydrogen) atoms. The Morgan fingerprint density at radius 2 is 1.58 bits per heavy atom. The SMILES string of the molecule is COc1ccc(C2C3=C(CC(C)(C)CC3=O)Nc3c2c(-c2ccccc2)nn3-c2ccccc2)cc1OC. The first-order valence-corrected chi connectivity index (χ1v) is 12.9. The summed E-state index contributed by atoms with van der Waals surface area (Å²) < 4.78 is 13.2. The van der Waals surface area contributed by atoms with Gasteiger partial charge in [0.2, 0.25) is 0 Å². The van der Waals surface area contributed by atoms with E-state index < -0.39 is 0 Å². The van der Waals surface area contributed by atoms with Crippen LogP contribution in [0.1, 0.15) is 43.7 Å². The summed E-state index contributed by atoms with van der Waals surface area (Å²) in [5.41, 5.74) is 6.40. The van der Waals surface area contributed by atoms with Gasteiger partial charge in [0.1, 0.15) is 5.82 Å². The molecule has 1 N–H and O–H groups in total. The number of benzene rings is 3. The quantitative estimate of drug-likeness (QED) is 0.325. The van der Waals surface area contributed by atoms with Crippen LogP contribution in [0.3, 0.4) is 0 Å². The van der Waals surface area contributed by atoms with Gasteiger partial charge < -0.3 is 14.8 Å². The summed E-state index contributed by atoms with van der Waals surface area (Å²) in [6, 6.07) is 26.2. The summed E-state index contributed by atoms with van der Waals surface area (Å²) >= 11 is 0. The molecule has 0 amide bonds. The molecule has 1 atom stereocenters. The molecule has 1 aliphatic carbocycles. The maximum absolute atomic E-state index is 13.9. The normalized spacial score (nSPS) is 17.9. The highest BCUT2D eigenvalue weighted by atomic mass is 16.5. The van der Waals surface area contributed by atoms with Crippen LogP contribution in [0.2, 0.25) is 0 Å². The number of nitrogens with one attached hydrogen (secondary N) is 1. The Bertz CT molecular complexity index is 1550. The third-order valence-corrected chi connectivity index (χ3v) is 7.48. The molecule has 3 aromatic carbocycles. The van der Waals surface area contributed by atoms with Gasteiger partial charge in [-0.05, 0) is 41.7 Å². The van der Waals surface area contributed by atoms with Crippen molar-refractivity contribution in [3.8, 4) is 28.4 Å². The van der Waals surface area contributed by atoms with Crippen molar-refractivity contribution < 1.29 is 14.3 Å². The van der Waals surface area contributed by atoms with E-state index in [0.717, 1.165) is 51.6 Å². The number of ether oxygens (including phenoxy) is 2. The average molecular weight is 506 g/mol. The zero-order chi connectivity index (χ0) is 26.4. The van der Waals surface area contributed by atoms with Crippen molar-refractivity contribution in [2.45, 2.75) is 32.6 Å². The van der Waals surface area contributed by atoms with Crippen LogP contribution in [-0.4, -0.2) is 29.8 Å². The van der Waals surface area contributed by atoms with Crippen LogP contribution in [0.25, 0.3) is 16.9 Å². The highest BCUT2D eigenvalue weighted by Gasteiger charge is 2.43. The number of methoxy groups -OCH3 is 2. The Morgan fingerprint density at radius 3 is 2.26 bits per heavy atom. The van der Waals surface area contributed by atoms with Crippen molar-refractivity contribution in [1.29, 1.82) is 0 Å². The van der Waals surface area contributed by atoms with Crippen molar-refractivity contribution in [1.82, 2.24) is 9.78 Å². The summed E-state index contributed by atoms with van der Waals surface area (Å²) in [4.78, 5) is 13.9. The number of anilines is 1. The number of hydrogen-bond acceptors (Lipinski definition) is 5. The monoisotopic (exact) mass is 505 g/mol. The van der Waals surface area contributed by atoms with E-state index in [1.807, 2.05) is 59.3 Å². The van der Waals surface area contributed by atoms with Crippen LogP contribution < -0.4 is 14.8 Å². The van der Waals surface area contributed by atoms with Gasteiger partial charge in [-0.3, -0.25) is 4.79 Å². The largest absolute Gasteiger partial charge is 0.493 e. The Hall–Kier alpha value is -4.32. The molecule has 6 rings (SSSR count). The zero-order valence-corrected chi connectivity index (χ0v) is 22.1. The standard InChI is InChI=1S/C32H31N3O3/c1-32(2)18-23-28(24(36)19-32)27(21-15-16-25(37-3)26(17-21)38-4)29-30(20-11-7-5-8-12-20)34-35(31(29)33-23)22-13-9-6-10-14-22/h5-17,27,33H,18-19H2,1-4H3. The second-order valence-corrected chi connectivity index (χ2v) is 10.7. The first-order chi connectivity index (χ1) is 18.4. The second kappa shape index (κ2) is 9.21. The van der Waals surface area contributed by atoms with E-state index in [0.29, 0.717) is 17.9 Å². The Labute approximate surface area is 222 Å². The number of ketones is 1. The molecule has 0 fully saturated rings. The molecule has 6 heteroatoms. The zero-order valence-electron chi connectivity index (χ0n) is 22.1. The molecule has 1 aromatic heterocycles. The van der Waals surface area contributed by atoms with Crippen molar-refractivity contribution in [3.63, 3.8) is 0 Å². The lowest BCUT2D eigenvalue weighted by Gasteiger charge is -2.39. The summed E-state index contributed by atoms with van der Waals surface area (Å²) in [5.74, 6) is 2.03. The highest BCUT2D eigenvalue weighted by molar-refractivity contribution is 6.02. The summed E-state index contributed by atoms with van der Waals surface area (Å²) in [6.45, 7) is 4.31. The molecular weight excluding hydrogens is 474 g/mol. The lowest BCUT2D eigenvalue weighted by molar-refractivity contribution is -0.118. The van der Waals surface area contributed by atoms with Crippen molar-refractivity contribution in [2.24, 2.45) is 5.41 Å². The predicted molar refractivity (Wildman–Crippen MR) is 149 cm³/mol. The number of fused-ring (bicyclic) bond motifs is 1. The molecule has 0 bridgehead atoms. The van der Waals surface area contributed by atoms with Crippen LogP contribution in [0, 0.1) is 5.41 Å². The number of aromatic nitrogens is 2. The van der Waals surface area contributed by atoms with Gasteiger partial charge in [-0.15, -0.1) is 0 Å². The molecule has 0 saturated heterocycles. The van der Waals surface area contributed by atoms with E-state index in [1.54, 1.807) is 14.2 Å². The van der Waals surface area contributed by atoms with Crippen LogP contribution in [-0.2, 0) is 4.79 Å². The topological polar surface area (TPSA) is 65.4 Å².